The lowest BCUT2D eigenvalue weighted by Crippen LogP contribution is -2.28. The molecule has 2 atom stereocenters. The Morgan fingerprint density at radius 2 is 1.76 bits per heavy atom. The number of nitrogens with one attached hydrogen (secondary N) is 1. The van der Waals surface area contributed by atoms with E-state index in [0.717, 1.165) is 32.2 Å². The van der Waals surface area contributed by atoms with Crippen molar-refractivity contribution in [3.05, 3.63) is 0 Å². The molecule has 0 aliphatic carbocycles. The minimum absolute atomic E-state index is 0.315. The summed E-state index contributed by atoms with van der Waals surface area (Å²) in [6, 6.07) is 0.585. The molecule has 0 aliphatic heterocycles. The number of hydrogen-bond donors (Lipinski definition) is 2. The Morgan fingerprint density at radius 3 is 2.29 bits per heavy atom. The smallest absolute Gasteiger partial charge is 0.303 e. The average Bonchev–Trinajstić information content (AvgIpc) is 2.26. The quantitative estimate of drug-likeness (QED) is 0.584. The van der Waals surface area contributed by atoms with E-state index in [2.05, 4.69) is 26.1 Å². The van der Waals surface area contributed by atoms with Gasteiger partial charge in [-0.1, -0.05) is 33.1 Å². The molecule has 0 aromatic carbocycles. The highest BCUT2D eigenvalue weighted by Crippen LogP contribution is 2.17. The van der Waals surface area contributed by atoms with E-state index in [9.17, 15) is 4.79 Å². The minimum Gasteiger partial charge on any atom is -0.481 e. The maximum absolute atomic E-state index is 10.6. The lowest BCUT2D eigenvalue weighted by atomic mass is 9.94. The van der Waals surface area contributed by atoms with E-state index >= 15 is 0 Å². The zero-order chi connectivity index (χ0) is 13.1. The van der Waals surface area contributed by atoms with E-state index < -0.39 is 5.97 Å². The molecule has 0 aromatic rings. The predicted octanol–water partition coefficient (Wildman–Crippen LogP) is 3.44. The molecule has 0 saturated heterocycles. The summed E-state index contributed by atoms with van der Waals surface area (Å²) in [4.78, 5) is 10.6. The molecule has 17 heavy (non-hydrogen) atoms. The fourth-order valence-electron chi connectivity index (χ4n) is 2.24. The number of carboxylic acids is 1. The zero-order valence-corrected chi connectivity index (χ0v) is 11.7. The monoisotopic (exact) mass is 243 g/mol. The van der Waals surface area contributed by atoms with Crippen molar-refractivity contribution in [1.29, 1.82) is 0 Å². The molecule has 0 amide bonds. The van der Waals surface area contributed by atoms with Gasteiger partial charge in [-0.25, -0.2) is 0 Å². The molecule has 2 unspecified atom stereocenters. The Labute approximate surface area is 106 Å². The van der Waals surface area contributed by atoms with Crippen molar-refractivity contribution >= 4 is 5.97 Å². The van der Waals surface area contributed by atoms with Crippen molar-refractivity contribution in [3.8, 4) is 0 Å². The molecule has 0 radical (unpaired) electrons. The van der Waals surface area contributed by atoms with Crippen molar-refractivity contribution < 1.29 is 9.90 Å². The largest absolute Gasteiger partial charge is 0.481 e. The van der Waals surface area contributed by atoms with Crippen molar-refractivity contribution in [2.75, 3.05) is 6.54 Å². The second-order valence-corrected chi connectivity index (χ2v) is 5.02. The van der Waals surface area contributed by atoms with Gasteiger partial charge in [0, 0.05) is 12.5 Å². The van der Waals surface area contributed by atoms with Crippen molar-refractivity contribution in [2.24, 2.45) is 5.92 Å². The molecule has 3 heteroatoms. The maximum Gasteiger partial charge on any atom is 0.303 e. The summed E-state index contributed by atoms with van der Waals surface area (Å²) in [6.07, 6.45) is 6.97. The fourth-order valence-corrected chi connectivity index (χ4v) is 2.24. The minimum atomic E-state index is -0.668. The summed E-state index contributed by atoms with van der Waals surface area (Å²) in [5.74, 6) is -0.101. The van der Waals surface area contributed by atoms with Gasteiger partial charge >= 0.3 is 5.97 Å². The van der Waals surface area contributed by atoms with E-state index in [0.29, 0.717) is 18.4 Å². The van der Waals surface area contributed by atoms with Crippen LogP contribution >= 0.6 is 0 Å². The molecule has 0 saturated carbocycles. The van der Waals surface area contributed by atoms with E-state index in [1.165, 1.54) is 12.8 Å². The van der Waals surface area contributed by atoms with Crippen LogP contribution in [0.5, 0.6) is 0 Å². The molecule has 102 valence electrons. The summed E-state index contributed by atoms with van der Waals surface area (Å²) in [5, 5.41) is 12.2. The van der Waals surface area contributed by atoms with Gasteiger partial charge < -0.3 is 10.4 Å². The Kier molecular flexibility index (Phi) is 10.2. The highest BCUT2D eigenvalue weighted by Gasteiger charge is 2.10. The second kappa shape index (κ2) is 10.6. The molecule has 0 fully saturated rings. The molecular formula is C14H29NO2. The van der Waals surface area contributed by atoms with Crippen LogP contribution in [0.3, 0.4) is 0 Å². The maximum atomic E-state index is 10.6. The standard InChI is InChI=1S/C14H29NO2/c1-4-6-12(3)15-11-10-13(7-5-2)8-9-14(16)17/h12-13,15H,4-11H2,1-3H3,(H,16,17). The summed E-state index contributed by atoms with van der Waals surface area (Å²) >= 11 is 0. The van der Waals surface area contributed by atoms with Gasteiger partial charge in [-0.05, 0) is 38.6 Å². The Hall–Kier alpha value is -0.570. The number of carboxylic acid groups (broad SMARTS) is 1. The van der Waals surface area contributed by atoms with Crippen LogP contribution in [0.15, 0.2) is 0 Å². The first-order valence-electron chi connectivity index (χ1n) is 7.05. The lowest BCUT2D eigenvalue weighted by Gasteiger charge is -2.18. The molecule has 0 spiro atoms. The van der Waals surface area contributed by atoms with Crippen LogP contribution in [-0.4, -0.2) is 23.7 Å². The summed E-state index contributed by atoms with van der Waals surface area (Å²) in [5.41, 5.74) is 0. The highest BCUT2D eigenvalue weighted by atomic mass is 16.4. The zero-order valence-electron chi connectivity index (χ0n) is 11.7. The van der Waals surface area contributed by atoms with Gasteiger partial charge in [-0.15, -0.1) is 0 Å². The van der Waals surface area contributed by atoms with Crippen LogP contribution in [0.4, 0.5) is 0 Å². The molecule has 0 aliphatic rings. The van der Waals surface area contributed by atoms with E-state index in [-0.39, 0.29) is 0 Å². The van der Waals surface area contributed by atoms with Gasteiger partial charge in [-0.3, -0.25) is 4.79 Å². The Morgan fingerprint density at radius 1 is 1.12 bits per heavy atom. The Bertz CT molecular complexity index is 195. The third-order valence-electron chi connectivity index (χ3n) is 3.23. The summed E-state index contributed by atoms with van der Waals surface area (Å²) in [6.45, 7) is 7.60. The van der Waals surface area contributed by atoms with Crippen LogP contribution in [0.2, 0.25) is 0 Å². The van der Waals surface area contributed by atoms with Gasteiger partial charge in [0.2, 0.25) is 0 Å². The molecule has 0 aromatic heterocycles. The van der Waals surface area contributed by atoms with Crippen molar-refractivity contribution in [2.45, 2.75) is 71.8 Å². The van der Waals surface area contributed by atoms with Gasteiger partial charge in [0.1, 0.15) is 0 Å². The van der Waals surface area contributed by atoms with Crippen LogP contribution in [0, 0.1) is 5.92 Å². The van der Waals surface area contributed by atoms with Crippen LogP contribution in [0.25, 0.3) is 0 Å². The molecule has 0 rings (SSSR count). The normalized spacial score (nSPS) is 14.5. The number of hydrogen-bond acceptors (Lipinski definition) is 2. The summed E-state index contributed by atoms with van der Waals surface area (Å²) < 4.78 is 0. The third-order valence-corrected chi connectivity index (χ3v) is 3.23. The van der Waals surface area contributed by atoms with Crippen molar-refractivity contribution in [3.63, 3.8) is 0 Å². The van der Waals surface area contributed by atoms with E-state index in [4.69, 9.17) is 5.11 Å². The third kappa shape index (κ3) is 10.3. The first-order valence-corrected chi connectivity index (χ1v) is 7.05. The molecule has 3 nitrogen and oxygen atoms in total. The van der Waals surface area contributed by atoms with Crippen LogP contribution in [-0.2, 0) is 4.79 Å². The van der Waals surface area contributed by atoms with Gasteiger partial charge in [0.05, 0.1) is 0 Å². The Balaban J connectivity index is 3.71. The predicted molar refractivity (Wildman–Crippen MR) is 72.3 cm³/mol. The second-order valence-electron chi connectivity index (χ2n) is 5.02. The van der Waals surface area contributed by atoms with Crippen LogP contribution in [0.1, 0.15) is 65.7 Å². The SMILES string of the molecule is CCCC(CCNC(C)CCC)CCC(=O)O. The van der Waals surface area contributed by atoms with Gasteiger partial charge in [0.25, 0.3) is 0 Å². The topological polar surface area (TPSA) is 49.3 Å². The van der Waals surface area contributed by atoms with Crippen LogP contribution < -0.4 is 5.32 Å². The fraction of sp³-hybridized carbons (Fsp3) is 0.929. The van der Waals surface area contributed by atoms with E-state index in [1.807, 2.05) is 0 Å². The first-order chi connectivity index (χ1) is 8.10. The number of rotatable bonds is 11. The molecular weight excluding hydrogens is 214 g/mol. The summed E-state index contributed by atoms with van der Waals surface area (Å²) in [7, 11) is 0. The molecule has 0 bridgehead atoms. The average molecular weight is 243 g/mol. The number of aliphatic carboxylic acids is 1. The molecule has 2 N–H and O–H groups in total. The van der Waals surface area contributed by atoms with Gasteiger partial charge in [0.15, 0.2) is 0 Å². The van der Waals surface area contributed by atoms with Gasteiger partial charge in [-0.2, -0.15) is 0 Å². The van der Waals surface area contributed by atoms with Crippen molar-refractivity contribution in [1.82, 2.24) is 5.32 Å². The molecule has 0 heterocycles. The highest BCUT2D eigenvalue weighted by molar-refractivity contribution is 5.66. The lowest BCUT2D eigenvalue weighted by molar-refractivity contribution is -0.137. The van der Waals surface area contributed by atoms with E-state index in [1.54, 1.807) is 0 Å². The first kappa shape index (κ1) is 16.4. The number of carbonyl (C=O) groups is 1.